The first-order valence-electron chi connectivity index (χ1n) is 6.55. The van der Waals surface area contributed by atoms with Crippen molar-refractivity contribution in [3.05, 3.63) is 27.2 Å². The van der Waals surface area contributed by atoms with Gasteiger partial charge in [0, 0.05) is 21.1 Å². The molecule has 0 aliphatic carbocycles. The zero-order chi connectivity index (χ0) is 17.2. The molecule has 2 rings (SSSR count). The van der Waals surface area contributed by atoms with Crippen LogP contribution in [0.5, 0.6) is 0 Å². The second-order valence-corrected chi connectivity index (χ2v) is 5.21. The van der Waals surface area contributed by atoms with Gasteiger partial charge in [0.05, 0.1) is 6.33 Å². The van der Waals surface area contributed by atoms with Crippen LogP contribution in [0.25, 0.3) is 11.2 Å². The number of imidazole rings is 1. The van der Waals surface area contributed by atoms with E-state index in [1.807, 2.05) is 0 Å². The molecule has 0 saturated carbocycles. The average Bonchev–Trinajstić information content (AvgIpc) is 2.84. The number of carbonyl (C=O) groups is 1. The number of fused-ring (bicyclic) bond motifs is 1. The second kappa shape index (κ2) is 6.56. The first-order valence-corrected chi connectivity index (χ1v) is 6.55. The first-order chi connectivity index (χ1) is 10.1. The van der Waals surface area contributed by atoms with Gasteiger partial charge in [0.2, 0.25) is 0 Å². The van der Waals surface area contributed by atoms with E-state index in [0.29, 0.717) is 11.2 Å². The van der Waals surface area contributed by atoms with Gasteiger partial charge in [0.25, 0.3) is 5.56 Å². The summed E-state index contributed by atoms with van der Waals surface area (Å²) < 4.78 is 4.04. The number of hydrogen-bond acceptors (Lipinski definition) is 5. The summed E-state index contributed by atoms with van der Waals surface area (Å²) in [6, 6.07) is -0.380. The lowest BCUT2D eigenvalue weighted by Crippen LogP contribution is -2.37. The molecular weight excluding hydrogens is 290 g/mol. The van der Waals surface area contributed by atoms with Crippen LogP contribution in [-0.2, 0) is 25.9 Å². The maximum Gasteiger partial charge on any atom is 0.332 e. The van der Waals surface area contributed by atoms with Gasteiger partial charge in [0.1, 0.15) is 6.04 Å². The second-order valence-electron chi connectivity index (χ2n) is 5.21. The number of carboxylic acid groups (broad SMARTS) is 1. The summed E-state index contributed by atoms with van der Waals surface area (Å²) >= 11 is 0. The molecule has 2 heterocycles. The van der Waals surface area contributed by atoms with E-state index in [4.69, 9.17) is 5.11 Å². The van der Waals surface area contributed by atoms with E-state index < -0.39 is 5.97 Å². The summed E-state index contributed by atoms with van der Waals surface area (Å²) in [5.41, 5.74) is 0.180. The third kappa shape index (κ3) is 3.25. The van der Waals surface area contributed by atoms with Crippen molar-refractivity contribution >= 4 is 17.1 Å². The summed E-state index contributed by atoms with van der Waals surface area (Å²) in [5, 5.41) is 8.31. The minimum Gasteiger partial charge on any atom is -0.480 e. The maximum atomic E-state index is 11.7. The molecule has 9 heteroatoms. The molecule has 122 valence electrons. The van der Waals surface area contributed by atoms with Crippen molar-refractivity contribution in [1.82, 2.24) is 23.6 Å². The molecule has 9 nitrogen and oxygen atoms in total. The zero-order valence-electron chi connectivity index (χ0n) is 13.6. The van der Waals surface area contributed by atoms with Crippen LogP contribution >= 0.6 is 0 Å². The van der Waals surface area contributed by atoms with Crippen molar-refractivity contribution in [3.63, 3.8) is 0 Å². The van der Waals surface area contributed by atoms with E-state index in [1.165, 1.54) is 17.9 Å². The molecule has 0 spiro atoms. The van der Waals surface area contributed by atoms with Gasteiger partial charge >= 0.3 is 11.7 Å². The molecule has 0 aromatic carbocycles. The molecule has 22 heavy (non-hydrogen) atoms. The van der Waals surface area contributed by atoms with Crippen molar-refractivity contribution in [2.45, 2.75) is 13.0 Å². The van der Waals surface area contributed by atoms with Gasteiger partial charge in [-0.05, 0) is 21.0 Å². The minimum atomic E-state index is -0.782. The molecular formula is C13H21N5O4. The highest BCUT2D eigenvalue weighted by atomic mass is 16.4. The largest absolute Gasteiger partial charge is 0.480 e. The number of aliphatic carboxylic acids is 1. The lowest BCUT2D eigenvalue weighted by molar-refractivity contribution is -0.141. The zero-order valence-corrected chi connectivity index (χ0v) is 13.6. The molecule has 0 bridgehead atoms. The highest BCUT2D eigenvalue weighted by molar-refractivity contribution is 5.72. The van der Waals surface area contributed by atoms with Crippen molar-refractivity contribution in [2.75, 3.05) is 14.1 Å². The lowest BCUT2D eigenvalue weighted by atomic mass is 10.3. The van der Waals surface area contributed by atoms with Gasteiger partial charge in [-0.1, -0.05) is 0 Å². The van der Waals surface area contributed by atoms with E-state index in [0.717, 1.165) is 4.57 Å². The number of rotatable bonds is 2. The predicted octanol–water partition coefficient (Wildman–Crippen LogP) is -1.01. The maximum absolute atomic E-state index is 11.7. The Morgan fingerprint density at radius 2 is 1.77 bits per heavy atom. The highest BCUT2D eigenvalue weighted by Gasteiger charge is 2.12. The molecule has 2 aromatic heterocycles. The van der Waals surface area contributed by atoms with Crippen molar-refractivity contribution < 1.29 is 9.90 Å². The Bertz CT molecular complexity index is 799. The molecule has 0 amide bonds. The Labute approximate surface area is 127 Å². The molecule has 0 radical (unpaired) electrons. The fraction of sp³-hybridized carbons (Fsp3) is 0.538. The molecule has 1 N–H and O–H groups in total. The van der Waals surface area contributed by atoms with Crippen LogP contribution in [0.4, 0.5) is 0 Å². The monoisotopic (exact) mass is 311 g/mol. The topological polar surface area (TPSA) is 102 Å². The normalized spacial score (nSPS) is 12.1. The van der Waals surface area contributed by atoms with Crippen LogP contribution in [0.1, 0.15) is 6.92 Å². The summed E-state index contributed by atoms with van der Waals surface area (Å²) in [5.74, 6) is -0.782. The molecule has 0 saturated heterocycles. The van der Waals surface area contributed by atoms with Gasteiger partial charge < -0.3 is 9.67 Å². The van der Waals surface area contributed by atoms with Crippen molar-refractivity contribution in [3.8, 4) is 0 Å². The van der Waals surface area contributed by atoms with Gasteiger partial charge in [-0.2, -0.15) is 0 Å². The van der Waals surface area contributed by atoms with Crippen LogP contribution in [-0.4, -0.2) is 54.8 Å². The van der Waals surface area contributed by atoms with Gasteiger partial charge in [-0.15, -0.1) is 0 Å². The molecule has 2 aromatic rings. The van der Waals surface area contributed by atoms with Crippen LogP contribution in [0.15, 0.2) is 15.9 Å². The minimum absolute atomic E-state index is 0.317. The van der Waals surface area contributed by atoms with Gasteiger partial charge in [-0.3, -0.25) is 23.6 Å². The lowest BCUT2D eigenvalue weighted by Gasteiger charge is -2.13. The van der Waals surface area contributed by atoms with E-state index in [1.54, 1.807) is 44.6 Å². The standard InChI is InChI=1S/C8H10N4O2.C5H11NO2/c1-10-4-9-6-5(10)7(13)12(3)8(14)11(6)2;1-4(5(7)8)6(2)3/h4H,1-3H3;4H,1-3H3,(H,7,8). The van der Waals surface area contributed by atoms with Crippen LogP contribution in [0.3, 0.4) is 0 Å². The molecule has 0 fully saturated rings. The number of hydrogen-bond donors (Lipinski definition) is 1. The third-order valence-electron chi connectivity index (χ3n) is 3.45. The van der Waals surface area contributed by atoms with Gasteiger partial charge in [-0.25, -0.2) is 9.78 Å². The number of aryl methyl sites for hydroxylation is 2. The fourth-order valence-electron chi connectivity index (χ4n) is 1.69. The Balaban J connectivity index is 0.000000261. The summed E-state index contributed by atoms with van der Waals surface area (Å²) in [6.45, 7) is 1.64. The summed E-state index contributed by atoms with van der Waals surface area (Å²) in [4.78, 5) is 38.9. The quantitative estimate of drug-likeness (QED) is 0.762. The smallest absolute Gasteiger partial charge is 0.332 e. The number of nitrogens with zero attached hydrogens (tertiary/aromatic N) is 5. The van der Waals surface area contributed by atoms with Crippen LogP contribution in [0.2, 0.25) is 0 Å². The number of aromatic nitrogens is 4. The third-order valence-corrected chi connectivity index (χ3v) is 3.45. The van der Waals surface area contributed by atoms with E-state index in [-0.39, 0.29) is 17.3 Å². The summed E-state index contributed by atoms with van der Waals surface area (Å²) in [7, 11) is 8.24. The summed E-state index contributed by atoms with van der Waals surface area (Å²) in [6.07, 6.45) is 1.52. The Morgan fingerprint density at radius 1 is 1.23 bits per heavy atom. The van der Waals surface area contributed by atoms with Gasteiger partial charge in [0.15, 0.2) is 11.2 Å². The average molecular weight is 311 g/mol. The van der Waals surface area contributed by atoms with E-state index in [2.05, 4.69) is 4.98 Å². The van der Waals surface area contributed by atoms with Crippen molar-refractivity contribution in [2.24, 2.45) is 21.1 Å². The molecule has 0 aliphatic rings. The van der Waals surface area contributed by atoms with Crippen molar-refractivity contribution in [1.29, 1.82) is 0 Å². The first kappa shape index (κ1) is 17.6. The molecule has 1 unspecified atom stereocenters. The highest BCUT2D eigenvalue weighted by Crippen LogP contribution is 2.01. The Morgan fingerprint density at radius 3 is 2.18 bits per heavy atom. The number of carboxylic acids is 1. The molecule has 0 aliphatic heterocycles. The predicted molar refractivity (Wildman–Crippen MR) is 82.0 cm³/mol. The van der Waals surface area contributed by atoms with Crippen LogP contribution in [0, 0.1) is 0 Å². The Hall–Kier alpha value is -2.42. The van der Waals surface area contributed by atoms with E-state index in [9.17, 15) is 14.4 Å². The Kier molecular flexibility index (Phi) is 5.26. The number of likely N-dealkylation sites (N-methyl/N-ethyl adjacent to an activating group) is 1. The van der Waals surface area contributed by atoms with E-state index >= 15 is 0 Å². The fourth-order valence-corrected chi connectivity index (χ4v) is 1.69. The van der Waals surface area contributed by atoms with Crippen LogP contribution < -0.4 is 11.2 Å². The SMILES string of the molecule is CC(C(=O)O)N(C)C.Cn1c(=O)c2c(ncn2C)n(C)c1=O. The molecule has 1 atom stereocenters.